The quantitative estimate of drug-likeness (QED) is 0.900. The predicted molar refractivity (Wildman–Crippen MR) is 71.3 cm³/mol. The van der Waals surface area contributed by atoms with Crippen molar-refractivity contribution in [2.75, 3.05) is 20.7 Å². The van der Waals surface area contributed by atoms with E-state index in [-0.39, 0.29) is 17.9 Å². The second-order valence-electron chi connectivity index (χ2n) is 5.72. The van der Waals surface area contributed by atoms with E-state index in [1.807, 2.05) is 20.2 Å². The number of carboxylic acid groups (broad SMARTS) is 1. The second kappa shape index (κ2) is 4.53. The Hall–Kier alpha value is -1.55. The second-order valence-corrected chi connectivity index (χ2v) is 5.72. The number of aliphatic carboxylic acids is 1. The molecular weight excluding hydrogens is 242 g/mol. The molecule has 0 bridgehead atoms. The molecule has 1 aliphatic carbocycles. The molecule has 0 saturated heterocycles. The summed E-state index contributed by atoms with van der Waals surface area (Å²) in [4.78, 5) is 13.2. The van der Waals surface area contributed by atoms with Crippen LogP contribution in [0.1, 0.15) is 23.6 Å². The Kier molecular flexibility index (Phi) is 2.97. The van der Waals surface area contributed by atoms with E-state index in [1.54, 1.807) is 0 Å². The lowest BCUT2D eigenvalue weighted by Gasteiger charge is -2.25. The fourth-order valence-electron chi connectivity index (χ4n) is 3.17. The molecule has 1 aliphatic heterocycles. The van der Waals surface area contributed by atoms with Crippen molar-refractivity contribution >= 4 is 5.97 Å². The lowest BCUT2D eigenvalue weighted by Crippen LogP contribution is -2.23. The van der Waals surface area contributed by atoms with Crippen LogP contribution < -0.4 is 4.74 Å². The molecule has 1 saturated carbocycles. The first kappa shape index (κ1) is 12.5. The highest BCUT2D eigenvalue weighted by Crippen LogP contribution is 2.50. The van der Waals surface area contributed by atoms with E-state index in [2.05, 4.69) is 17.0 Å². The lowest BCUT2D eigenvalue weighted by atomic mass is 9.97. The number of carboxylic acids is 1. The highest BCUT2D eigenvalue weighted by molar-refractivity contribution is 5.73. The number of nitrogens with zero attached hydrogens (tertiary/aromatic N) is 1. The van der Waals surface area contributed by atoms with Crippen LogP contribution in [-0.4, -0.2) is 36.7 Å². The summed E-state index contributed by atoms with van der Waals surface area (Å²) in [5.74, 6) is 0.359. The third-order valence-corrected chi connectivity index (χ3v) is 4.17. The predicted octanol–water partition coefficient (Wildman–Crippen LogP) is 1.94. The summed E-state index contributed by atoms with van der Waals surface area (Å²) in [6.45, 7) is 0.757. The largest absolute Gasteiger partial charge is 0.493 e. The Balaban J connectivity index is 1.87. The fourth-order valence-corrected chi connectivity index (χ4v) is 3.17. The van der Waals surface area contributed by atoms with Gasteiger partial charge < -0.3 is 14.7 Å². The number of carbonyl (C=O) groups is 1. The van der Waals surface area contributed by atoms with Gasteiger partial charge in [0.2, 0.25) is 0 Å². The molecule has 1 aromatic carbocycles. The van der Waals surface area contributed by atoms with Crippen molar-refractivity contribution in [3.8, 4) is 5.75 Å². The van der Waals surface area contributed by atoms with Crippen LogP contribution in [-0.2, 0) is 11.2 Å². The van der Waals surface area contributed by atoms with Gasteiger partial charge in [-0.3, -0.25) is 4.79 Å². The number of rotatable bonds is 4. The zero-order chi connectivity index (χ0) is 13.6. The molecule has 3 atom stereocenters. The molecule has 1 N–H and O–H groups in total. The van der Waals surface area contributed by atoms with E-state index >= 15 is 0 Å². The summed E-state index contributed by atoms with van der Waals surface area (Å²) in [7, 11) is 4.04. The monoisotopic (exact) mass is 261 g/mol. The molecule has 102 valence electrons. The summed E-state index contributed by atoms with van der Waals surface area (Å²) >= 11 is 0. The summed E-state index contributed by atoms with van der Waals surface area (Å²) in [5.41, 5.74) is 2.46. The van der Waals surface area contributed by atoms with Crippen LogP contribution >= 0.6 is 0 Å². The number of benzene rings is 1. The van der Waals surface area contributed by atoms with Gasteiger partial charge in [0.1, 0.15) is 5.75 Å². The minimum atomic E-state index is -0.665. The Morgan fingerprint density at radius 3 is 2.89 bits per heavy atom. The van der Waals surface area contributed by atoms with Gasteiger partial charge in [-0.25, -0.2) is 0 Å². The summed E-state index contributed by atoms with van der Waals surface area (Å²) in [6.07, 6.45) is 1.74. The van der Waals surface area contributed by atoms with E-state index in [9.17, 15) is 4.79 Å². The molecule has 2 aliphatic rings. The first-order valence-corrected chi connectivity index (χ1v) is 6.73. The molecule has 4 nitrogen and oxygen atoms in total. The highest BCUT2D eigenvalue weighted by atomic mass is 16.5. The first-order valence-electron chi connectivity index (χ1n) is 6.73. The van der Waals surface area contributed by atoms with E-state index in [4.69, 9.17) is 9.84 Å². The number of ether oxygens (including phenoxy) is 1. The van der Waals surface area contributed by atoms with Crippen molar-refractivity contribution in [2.45, 2.75) is 18.9 Å². The maximum Gasteiger partial charge on any atom is 0.306 e. The Morgan fingerprint density at radius 2 is 2.26 bits per heavy atom. The van der Waals surface area contributed by atoms with E-state index in [0.717, 1.165) is 25.2 Å². The van der Waals surface area contributed by atoms with Gasteiger partial charge in [-0.05, 0) is 43.6 Å². The van der Waals surface area contributed by atoms with Gasteiger partial charge >= 0.3 is 5.97 Å². The molecule has 1 heterocycles. The number of fused-ring (bicyclic) bond motifs is 1. The van der Waals surface area contributed by atoms with Crippen molar-refractivity contribution in [1.29, 1.82) is 0 Å². The maximum absolute atomic E-state index is 11.1. The van der Waals surface area contributed by atoms with Gasteiger partial charge in [-0.15, -0.1) is 0 Å². The summed E-state index contributed by atoms with van der Waals surface area (Å²) in [6, 6.07) is 6.47. The number of hydrogen-bond donors (Lipinski definition) is 1. The molecule has 4 heteroatoms. The average molecular weight is 261 g/mol. The van der Waals surface area contributed by atoms with Gasteiger partial charge in [0.05, 0.1) is 12.5 Å². The zero-order valence-corrected chi connectivity index (χ0v) is 11.3. The zero-order valence-electron chi connectivity index (χ0n) is 11.3. The Morgan fingerprint density at radius 1 is 1.47 bits per heavy atom. The minimum absolute atomic E-state index is 0.183. The van der Waals surface area contributed by atoms with Crippen LogP contribution in [0.3, 0.4) is 0 Å². The lowest BCUT2D eigenvalue weighted by molar-refractivity contribution is -0.139. The first-order chi connectivity index (χ1) is 9.08. The third kappa shape index (κ3) is 2.21. The van der Waals surface area contributed by atoms with E-state index in [1.165, 1.54) is 11.1 Å². The average Bonchev–Trinajstić information content (AvgIpc) is 2.99. The van der Waals surface area contributed by atoms with Crippen LogP contribution in [0.2, 0.25) is 0 Å². The van der Waals surface area contributed by atoms with Gasteiger partial charge in [-0.1, -0.05) is 12.1 Å². The molecule has 0 radical (unpaired) electrons. The molecule has 0 spiro atoms. The van der Waals surface area contributed by atoms with Crippen molar-refractivity contribution in [3.63, 3.8) is 0 Å². The van der Waals surface area contributed by atoms with Crippen molar-refractivity contribution in [1.82, 2.24) is 4.90 Å². The topological polar surface area (TPSA) is 49.8 Å². The SMILES string of the molecule is CN(C)C(c1ccc2c(c1)CCO2)C1CC1C(=O)O. The van der Waals surface area contributed by atoms with Crippen LogP contribution in [0.5, 0.6) is 5.75 Å². The van der Waals surface area contributed by atoms with Crippen molar-refractivity contribution in [3.05, 3.63) is 29.3 Å². The molecule has 19 heavy (non-hydrogen) atoms. The summed E-state index contributed by atoms with van der Waals surface area (Å²) in [5, 5.41) is 9.12. The molecule has 0 aromatic heterocycles. The smallest absolute Gasteiger partial charge is 0.306 e. The molecule has 3 rings (SSSR count). The standard InChI is InChI=1S/C15H19NO3/c1-16(2)14(11-8-12(11)15(17)18)10-3-4-13-9(7-10)5-6-19-13/h3-4,7,11-12,14H,5-6,8H2,1-2H3,(H,17,18). The van der Waals surface area contributed by atoms with Crippen LogP contribution in [0, 0.1) is 11.8 Å². The number of hydrogen-bond acceptors (Lipinski definition) is 3. The van der Waals surface area contributed by atoms with Gasteiger partial charge in [0.25, 0.3) is 0 Å². The third-order valence-electron chi connectivity index (χ3n) is 4.17. The van der Waals surface area contributed by atoms with Gasteiger partial charge in [-0.2, -0.15) is 0 Å². The minimum Gasteiger partial charge on any atom is -0.493 e. The van der Waals surface area contributed by atoms with Crippen molar-refractivity contribution in [2.24, 2.45) is 11.8 Å². The van der Waals surface area contributed by atoms with Gasteiger partial charge in [0, 0.05) is 12.5 Å². The van der Waals surface area contributed by atoms with E-state index in [0.29, 0.717) is 0 Å². The molecule has 1 fully saturated rings. The summed E-state index contributed by atoms with van der Waals surface area (Å²) < 4.78 is 5.52. The molecule has 3 unspecified atom stereocenters. The molecule has 1 aromatic rings. The molecular formula is C15H19NO3. The van der Waals surface area contributed by atoms with E-state index < -0.39 is 5.97 Å². The Bertz CT molecular complexity index is 512. The highest BCUT2D eigenvalue weighted by Gasteiger charge is 2.49. The Labute approximate surface area is 113 Å². The normalized spacial score (nSPS) is 25.8. The van der Waals surface area contributed by atoms with Gasteiger partial charge in [0.15, 0.2) is 0 Å². The molecule has 0 amide bonds. The van der Waals surface area contributed by atoms with Crippen LogP contribution in [0.25, 0.3) is 0 Å². The maximum atomic E-state index is 11.1. The van der Waals surface area contributed by atoms with Crippen molar-refractivity contribution < 1.29 is 14.6 Å². The van der Waals surface area contributed by atoms with Crippen LogP contribution in [0.15, 0.2) is 18.2 Å². The fraction of sp³-hybridized carbons (Fsp3) is 0.533. The van der Waals surface area contributed by atoms with Crippen LogP contribution in [0.4, 0.5) is 0 Å².